The fraction of sp³-hybridized carbons (Fsp3) is 0.308. The number of para-hydroxylation sites is 1. The van der Waals surface area contributed by atoms with Crippen molar-refractivity contribution in [3.8, 4) is 5.75 Å². The fourth-order valence-corrected chi connectivity index (χ4v) is 2.33. The Balaban J connectivity index is 1.85. The zero-order valence-corrected chi connectivity index (χ0v) is 11.3. The van der Waals surface area contributed by atoms with Gasteiger partial charge in [0.25, 0.3) is 0 Å². The summed E-state index contributed by atoms with van der Waals surface area (Å²) < 4.78 is 27.0. The van der Waals surface area contributed by atoms with Crippen molar-refractivity contribution in [1.82, 2.24) is 4.98 Å². The third-order valence-corrected chi connectivity index (χ3v) is 3.52. The van der Waals surface area contributed by atoms with Crippen LogP contribution in [0.4, 0.5) is 0 Å². The van der Waals surface area contributed by atoms with E-state index in [4.69, 9.17) is 9.88 Å². The van der Waals surface area contributed by atoms with Crippen LogP contribution in [-0.2, 0) is 10.0 Å². The second kappa shape index (κ2) is 5.99. The Morgan fingerprint density at radius 2 is 2.00 bits per heavy atom. The first-order valence-corrected chi connectivity index (χ1v) is 7.74. The summed E-state index contributed by atoms with van der Waals surface area (Å²) in [6, 6.07) is 9.70. The summed E-state index contributed by atoms with van der Waals surface area (Å²) in [5.41, 5.74) is 0.920. The van der Waals surface area contributed by atoms with Gasteiger partial charge < -0.3 is 4.74 Å². The normalized spacial score (nSPS) is 11.6. The Hall–Kier alpha value is -1.66. The number of primary sulfonamides is 1. The van der Waals surface area contributed by atoms with Crippen molar-refractivity contribution in [3.05, 3.63) is 36.5 Å². The van der Waals surface area contributed by atoms with Gasteiger partial charge in [-0.3, -0.25) is 4.98 Å². The van der Waals surface area contributed by atoms with Gasteiger partial charge in [-0.15, -0.1) is 0 Å². The average Bonchev–Trinajstić information content (AvgIpc) is 2.37. The van der Waals surface area contributed by atoms with Crippen molar-refractivity contribution < 1.29 is 13.2 Å². The predicted molar refractivity (Wildman–Crippen MR) is 74.4 cm³/mol. The van der Waals surface area contributed by atoms with Crippen LogP contribution in [-0.4, -0.2) is 25.8 Å². The molecule has 2 N–H and O–H groups in total. The first-order chi connectivity index (χ1) is 9.04. The van der Waals surface area contributed by atoms with Crippen molar-refractivity contribution in [3.63, 3.8) is 0 Å². The Morgan fingerprint density at radius 3 is 2.79 bits per heavy atom. The van der Waals surface area contributed by atoms with Gasteiger partial charge in [-0.05, 0) is 25.0 Å². The van der Waals surface area contributed by atoms with Crippen molar-refractivity contribution in [2.24, 2.45) is 5.14 Å². The molecule has 2 aromatic rings. The lowest BCUT2D eigenvalue weighted by molar-refractivity contribution is 0.309. The molecule has 19 heavy (non-hydrogen) atoms. The number of benzene rings is 1. The number of pyridine rings is 1. The Bertz CT molecular complexity index is 656. The number of rotatable bonds is 6. The van der Waals surface area contributed by atoms with Crippen LogP contribution in [0.25, 0.3) is 10.9 Å². The Labute approximate surface area is 112 Å². The molecule has 0 saturated carbocycles. The van der Waals surface area contributed by atoms with E-state index in [1.54, 1.807) is 6.20 Å². The third-order valence-electron chi connectivity index (χ3n) is 2.66. The van der Waals surface area contributed by atoms with E-state index in [0.717, 1.165) is 10.9 Å². The van der Waals surface area contributed by atoms with E-state index in [1.165, 1.54) is 0 Å². The van der Waals surface area contributed by atoms with Crippen LogP contribution in [0.3, 0.4) is 0 Å². The summed E-state index contributed by atoms with van der Waals surface area (Å²) in [7, 11) is -3.37. The zero-order valence-electron chi connectivity index (χ0n) is 10.5. The van der Waals surface area contributed by atoms with Crippen molar-refractivity contribution >= 4 is 20.9 Å². The SMILES string of the molecule is NS(=O)(=O)CCCCOc1cnc2ccccc2c1. The highest BCUT2D eigenvalue weighted by atomic mass is 32.2. The van der Waals surface area contributed by atoms with E-state index in [2.05, 4.69) is 4.98 Å². The average molecular weight is 280 g/mol. The van der Waals surface area contributed by atoms with E-state index in [-0.39, 0.29) is 5.75 Å². The number of hydrogen-bond donors (Lipinski definition) is 1. The third kappa shape index (κ3) is 4.50. The van der Waals surface area contributed by atoms with Gasteiger partial charge in [-0.2, -0.15) is 0 Å². The Kier molecular flexibility index (Phi) is 4.34. The predicted octanol–water partition coefficient (Wildman–Crippen LogP) is 1.68. The van der Waals surface area contributed by atoms with E-state index in [9.17, 15) is 8.42 Å². The van der Waals surface area contributed by atoms with Crippen LogP contribution in [0.15, 0.2) is 36.5 Å². The minimum absolute atomic E-state index is 0.00761. The summed E-state index contributed by atoms with van der Waals surface area (Å²) in [5.74, 6) is 0.682. The highest BCUT2D eigenvalue weighted by Gasteiger charge is 2.02. The van der Waals surface area contributed by atoms with Gasteiger partial charge in [0.05, 0.1) is 24.1 Å². The topological polar surface area (TPSA) is 82.3 Å². The quantitative estimate of drug-likeness (QED) is 0.816. The number of hydrogen-bond acceptors (Lipinski definition) is 4. The van der Waals surface area contributed by atoms with Gasteiger partial charge in [0.1, 0.15) is 5.75 Å². The van der Waals surface area contributed by atoms with Crippen molar-refractivity contribution in [2.45, 2.75) is 12.8 Å². The van der Waals surface area contributed by atoms with Crippen molar-refractivity contribution in [2.75, 3.05) is 12.4 Å². The molecule has 1 aromatic carbocycles. The minimum Gasteiger partial charge on any atom is -0.492 e. The summed E-state index contributed by atoms with van der Waals surface area (Å²) in [6.07, 6.45) is 2.81. The molecule has 1 aromatic heterocycles. The molecule has 6 heteroatoms. The van der Waals surface area contributed by atoms with E-state index >= 15 is 0 Å². The second-order valence-corrected chi connectivity index (χ2v) is 6.02. The second-order valence-electron chi connectivity index (χ2n) is 4.29. The molecule has 5 nitrogen and oxygen atoms in total. The van der Waals surface area contributed by atoms with Crippen LogP contribution >= 0.6 is 0 Å². The molecule has 0 radical (unpaired) electrons. The summed E-state index contributed by atoms with van der Waals surface area (Å²) in [5, 5.41) is 5.93. The van der Waals surface area contributed by atoms with Gasteiger partial charge in [-0.1, -0.05) is 18.2 Å². The van der Waals surface area contributed by atoms with Gasteiger partial charge in [0.2, 0.25) is 10.0 Å². The lowest BCUT2D eigenvalue weighted by atomic mass is 10.2. The minimum atomic E-state index is -3.37. The maximum absolute atomic E-state index is 10.7. The highest BCUT2D eigenvalue weighted by Crippen LogP contribution is 2.17. The number of unbranched alkanes of at least 4 members (excludes halogenated alkanes) is 1. The molecular weight excluding hydrogens is 264 g/mol. The number of ether oxygens (including phenoxy) is 1. The maximum atomic E-state index is 10.7. The standard InChI is InChI=1S/C13H16N2O3S/c14-19(16,17)8-4-3-7-18-12-9-11-5-1-2-6-13(11)15-10-12/h1-2,5-6,9-10H,3-4,7-8H2,(H2,14,16,17). The number of nitrogens with two attached hydrogens (primary N) is 1. The molecule has 102 valence electrons. The molecule has 0 saturated heterocycles. The van der Waals surface area contributed by atoms with Crippen LogP contribution in [0.1, 0.15) is 12.8 Å². The first-order valence-electron chi connectivity index (χ1n) is 6.03. The van der Waals surface area contributed by atoms with E-state index in [1.807, 2.05) is 30.3 Å². The number of fused-ring (bicyclic) bond motifs is 1. The molecule has 0 bridgehead atoms. The van der Waals surface area contributed by atoms with Crippen LogP contribution in [0.2, 0.25) is 0 Å². The monoisotopic (exact) mass is 280 g/mol. The summed E-state index contributed by atoms with van der Waals surface area (Å²) >= 11 is 0. The van der Waals surface area contributed by atoms with Crippen LogP contribution < -0.4 is 9.88 Å². The smallest absolute Gasteiger partial charge is 0.209 e. The molecule has 0 atom stereocenters. The number of sulfonamides is 1. The summed E-state index contributed by atoms with van der Waals surface area (Å²) in [6.45, 7) is 0.454. The van der Waals surface area contributed by atoms with Crippen LogP contribution in [0, 0.1) is 0 Å². The number of aromatic nitrogens is 1. The van der Waals surface area contributed by atoms with Gasteiger partial charge in [-0.25, -0.2) is 13.6 Å². The molecule has 2 rings (SSSR count). The molecule has 0 amide bonds. The molecule has 1 heterocycles. The Morgan fingerprint density at radius 1 is 1.21 bits per heavy atom. The van der Waals surface area contributed by atoms with Crippen molar-refractivity contribution in [1.29, 1.82) is 0 Å². The van der Waals surface area contributed by atoms with E-state index in [0.29, 0.717) is 25.2 Å². The molecular formula is C13H16N2O3S. The van der Waals surface area contributed by atoms with E-state index < -0.39 is 10.0 Å². The molecule has 0 aliphatic heterocycles. The zero-order chi connectivity index (χ0) is 13.7. The van der Waals surface area contributed by atoms with Gasteiger partial charge in [0, 0.05) is 5.39 Å². The lowest BCUT2D eigenvalue weighted by Crippen LogP contribution is -2.16. The molecule has 0 unspecified atom stereocenters. The molecule has 0 aliphatic rings. The summed E-state index contributed by atoms with van der Waals surface area (Å²) in [4.78, 5) is 4.28. The highest BCUT2D eigenvalue weighted by molar-refractivity contribution is 7.89. The lowest BCUT2D eigenvalue weighted by Gasteiger charge is -2.06. The van der Waals surface area contributed by atoms with Gasteiger partial charge in [0.15, 0.2) is 0 Å². The van der Waals surface area contributed by atoms with Gasteiger partial charge >= 0.3 is 0 Å². The molecule has 0 fully saturated rings. The fourth-order valence-electron chi connectivity index (χ4n) is 1.73. The first kappa shape index (κ1) is 13.8. The largest absolute Gasteiger partial charge is 0.492 e. The maximum Gasteiger partial charge on any atom is 0.209 e. The number of nitrogens with zero attached hydrogens (tertiary/aromatic N) is 1. The molecule has 0 spiro atoms. The van der Waals surface area contributed by atoms with Crippen LogP contribution in [0.5, 0.6) is 5.75 Å². The molecule has 0 aliphatic carbocycles.